The molecule has 0 aromatic carbocycles. The second kappa shape index (κ2) is 2.66. The van der Waals surface area contributed by atoms with Gasteiger partial charge in [0.15, 0.2) is 5.75 Å². The maximum atomic E-state index is 5.56. The standard InChI is InChI=1S/C5H5ClN2O/c6-4-3-8-2-1-5(4)9-7/h1-3H,7H2. The fourth-order valence-corrected chi connectivity index (χ4v) is 0.622. The zero-order valence-electron chi connectivity index (χ0n) is 4.54. The van der Waals surface area contributed by atoms with Gasteiger partial charge in [0.05, 0.1) is 0 Å². The van der Waals surface area contributed by atoms with Crippen LogP contribution in [-0.2, 0) is 0 Å². The summed E-state index contributed by atoms with van der Waals surface area (Å²) in [7, 11) is 0. The SMILES string of the molecule is NOc1ccncc1Cl. The van der Waals surface area contributed by atoms with Gasteiger partial charge < -0.3 is 4.84 Å². The van der Waals surface area contributed by atoms with E-state index in [1.165, 1.54) is 6.20 Å². The molecule has 2 N–H and O–H groups in total. The summed E-state index contributed by atoms with van der Waals surface area (Å²) in [6, 6.07) is 1.59. The molecule has 1 rings (SSSR count). The average Bonchev–Trinajstić information content (AvgIpc) is 1.89. The van der Waals surface area contributed by atoms with E-state index in [0.717, 1.165) is 0 Å². The Balaban J connectivity index is 3.01. The quantitative estimate of drug-likeness (QED) is 0.598. The molecule has 9 heavy (non-hydrogen) atoms. The fraction of sp³-hybridized carbons (Fsp3) is 0. The van der Waals surface area contributed by atoms with E-state index in [2.05, 4.69) is 9.82 Å². The summed E-state index contributed by atoms with van der Waals surface area (Å²) in [5.41, 5.74) is 0. The van der Waals surface area contributed by atoms with Crippen molar-refractivity contribution in [1.82, 2.24) is 4.98 Å². The summed E-state index contributed by atoms with van der Waals surface area (Å²) in [5.74, 6) is 5.28. The van der Waals surface area contributed by atoms with Crippen molar-refractivity contribution in [3.05, 3.63) is 23.5 Å². The van der Waals surface area contributed by atoms with E-state index in [0.29, 0.717) is 10.8 Å². The highest BCUT2D eigenvalue weighted by molar-refractivity contribution is 6.31. The van der Waals surface area contributed by atoms with Gasteiger partial charge >= 0.3 is 0 Å². The number of pyridine rings is 1. The molecule has 0 saturated heterocycles. The Morgan fingerprint density at radius 2 is 2.44 bits per heavy atom. The van der Waals surface area contributed by atoms with Crippen molar-refractivity contribution in [2.75, 3.05) is 0 Å². The molecular weight excluding hydrogens is 140 g/mol. The van der Waals surface area contributed by atoms with Crippen LogP contribution in [0.1, 0.15) is 0 Å². The molecule has 4 heteroatoms. The zero-order chi connectivity index (χ0) is 6.69. The van der Waals surface area contributed by atoms with Gasteiger partial charge in [-0.1, -0.05) is 11.6 Å². The van der Waals surface area contributed by atoms with E-state index >= 15 is 0 Å². The van der Waals surface area contributed by atoms with E-state index in [4.69, 9.17) is 17.5 Å². The summed E-state index contributed by atoms with van der Waals surface area (Å²) in [6.45, 7) is 0. The average molecular weight is 145 g/mol. The van der Waals surface area contributed by atoms with Gasteiger partial charge in [-0.3, -0.25) is 4.98 Å². The van der Waals surface area contributed by atoms with Crippen LogP contribution in [0.15, 0.2) is 18.5 Å². The topological polar surface area (TPSA) is 48.1 Å². The highest BCUT2D eigenvalue weighted by atomic mass is 35.5. The first-order valence-electron chi connectivity index (χ1n) is 2.31. The first-order chi connectivity index (χ1) is 4.34. The molecule has 3 nitrogen and oxygen atoms in total. The lowest BCUT2D eigenvalue weighted by Crippen LogP contribution is -2.01. The number of nitrogens with zero attached hydrogens (tertiary/aromatic N) is 1. The van der Waals surface area contributed by atoms with Crippen LogP contribution in [0.4, 0.5) is 0 Å². The van der Waals surface area contributed by atoms with Gasteiger partial charge in [-0.05, 0) is 0 Å². The highest BCUT2D eigenvalue weighted by Crippen LogP contribution is 2.19. The third kappa shape index (κ3) is 1.31. The van der Waals surface area contributed by atoms with Crippen LogP contribution in [0.5, 0.6) is 5.75 Å². The summed E-state index contributed by atoms with van der Waals surface area (Å²) in [6.07, 6.45) is 3.01. The molecule has 0 spiro atoms. The Morgan fingerprint density at radius 3 is 2.89 bits per heavy atom. The van der Waals surface area contributed by atoms with Crippen LogP contribution in [0, 0.1) is 0 Å². The molecule has 0 amide bonds. The van der Waals surface area contributed by atoms with Crippen molar-refractivity contribution < 1.29 is 4.84 Å². The van der Waals surface area contributed by atoms with Crippen LogP contribution in [-0.4, -0.2) is 4.98 Å². The Morgan fingerprint density at radius 1 is 1.67 bits per heavy atom. The molecule has 0 saturated carbocycles. The molecule has 0 fully saturated rings. The Labute approximate surface area is 57.4 Å². The van der Waals surface area contributed by atoms with Gasteiger partial charge in [-0.25, -0.2) is 0 Å². The molecule has 0 aliphatic rings. The lowest BCUT2D eigenvalue weighted by atomic mass is 10.5. The highest BCUT2D eigenvalue weighted by Gasteiger charge is 1.95. The van der Waals surface area contributed by atoms with Crippen molar-refractivity contribution in [2.24, 2.45) is 5.90 Å². The van der Waals surface area contributed by atoms with Gasteiger partial charge in [0.25, 0.3) is 0 Å². The van der Waals surface area contributed by atoms with Crippen molar-refractivity contribution in [3.63, 3.8) is 0 Å². The second-order valence-corrected chi connectivity index (χ2v) is 1.83. The van der Waals surface area contributed by atoms with E-state index in [-0.39, 0.29) is 0 Å². The minimum absolute atomic E-state index is 0.417. The normalized spacial score (nSPS) is 9.11. The molecule has 0 aliphatic heterocycles. The molecule has 0 radical (unpaired) electrons. The number of hydrogen-bond acceptors (Lipinski definition) is 3. The van der Waals surface area contributed by atoms with Gasteiger partial charge in [-0.15, -0.1) is 0 Å². The summed E-state index contributed by atoms with van der Waals surface area (Å²) >= 11 is 5.56. The molecule has 0 aliphatic carbocycles. The molecule has 0 bridgehead atoms. The van der Waals surface area contributed by atoms with Gasteiger partial charge in [0.1, 0.15) is 5.02 Å². The maximum absolute atomic E-state index is 5.56. The number of aromatic nitrogens is 1. The van der Waals surface area contributed by atoms with Crippen LogP contribution in [0.25, 0.3) is 0 Å². The molecule has 0 atom stereocenters. The van der Waals surface area contributed by atoms with E-state index in [9.17, 15) is 0 Å². The molecule has 1 aromatic heterocycles. The fourth-order valence-electron chi connectivity index (χ4n) is 0.458. The monoisotopic (exact) mass is 144 g/mol. The predicted octanol–water partition coefficient (Wildman–Crippen LogP) is 0.988. The molecular formula is C5H5ClN2O. The number of halogens is 1. The zero-order valence-corrected chi connectivity index (χ0v) is 5.30. The Kier molecular flexibility index (Phi) is 1.87. The van der Waals surface area contributed by atoms with Crippen molar-refractivity contribution >= 4 is 11.6 Å². The first-order valence-corrected chi connectivity index (χ1v) is 2.68. The molecule has 1 aromatic rings. The molecule has 1 heterocycles. The summed E-state index contributed by atoms with van der Waals surface area (Å²) in [5, 5.41) is 0.417. The van der Waals surface area contributed by atoms with E-state index < -0.39 is 0 Å². The van der Waals surface area contributed by atoms with Crippen molar-refractivity contribution in [2.45, 2.75) is 0 Å². The Hall–Kier alpha value is -0.800. The minimum Gasteiger partial charge on any atom is -0.410 e. The number of nitrogens with two attached hydrogens (primary N) is 1. The number of rotatable bonds is 1. The van der Waals surface area contributed by atoms with Gasteiger partial charge in [0, 0.05) is 18.5 Å². The Bertz CT molecular complexity index is 204. The van der Waals surface area contributed by atoms with Crippen LogP contribution in [0.2, 0.25) is 5.02 Å². The van der Waals surface area contributed by atoms with E-state index in [1.807, 2.05) is 0 Å². The second-order valence-electron chi connectivity index (χ2n) is 1.42. The summed E-state index contributed by atoms with van der Waals surface area (Å²) in [4.78, 5) is 8.10. The van der Waals surface area contributed by atoms with Crippen molar-refractivity contribution in [3.8, 4) is 5.75 Å². The van der Waals surface area contributed by atoms with E-state index in [1.54, 1.807) is 12.3 Å². The van der Waals surface area contributed by atoms with Crippen LogP contribution < -0.4 is 10.7 Å². The molecule has 0 unspecified atom stereocenters. The van der Waals surface area contributed by atoms with Crippen LogP contribution >= 0.6 is 11.6 Å². The lowest BCUT2D eigenvalue weighted by molar-refractivity contribution is 0.334. The third-order valence-corrected chi connectivity index (χ3v) is 1.15. The smallest absolute Gasteiger partial charge is 0.168 e. The van der Waals surface area contributed by atoms with Gasteiger partial charge in [-0.2, -0.15) is 5.90 Å². The third-order valence-electron chi connectivity index (χ3n) is 0.862. The minimum atomic E-state index is 0.417. The maximum Gasteiger partial charge on any atom is 0.168 e. The lowest BCUT2D eigenvalue weighted by Gasteiger charge is -1.96. The number of hydrogen-bond donors (Lipinski definition) is 1. The van der Waals surface area contributed by atoms with Gasteiger partial charge in [0.2, 0.25) is 0 Å². The summed E-state index contributed by atoms with van der Waals surface area (Å²) < 4.78 is 0. The first kappa shape index (κ1) is 6.32. The largest absolute Gasteiger partial charge is 0.410 e. The van der Waals surface area contributed by atoms with Crippen molar-refractivity contribution in [1.29, 1.82) is 0 Å². The molecule has 48 valence electrons. The van der Waals surface area contributed by atoms with Crippen LogP contribution in [0.3, 0.4) is 0 Å². The predicted molar refractivity (Wildman–Crippen MR) is 34.1 cm³/mol.